The second kappa shape index (κ2) is 6.53. The number of ether oxygens (including phenoxy) is 1. The molecule has 0 amide bonds. The van der Waals surface area contributed by atoms with Gasteiger partial charge in [0.2, 0.25) is 0 Å². The van der Waals surface area contributed by atoms with E-state index in [-0.39, 0.29) is 11.9 Å². The highest BCUT2D eigenvalue weighted by Crippen LogP contribution is 2.19. The van der Waals surface area contributed by atoms with Gasteiger partial charge in [0.25, 0.3) is 0 Å². The lowest BCUT2D eigenvalue weighted by molar-refractivity contribution is 0.272. The van der Waals surface area contributed by atoms with Crippen LogP contribution in [0.5, 0.6) is 5.75 Å². The Morgan fingerprint density at radius 3 is 2.60 bits per heavy atom. The van der Waals surface area contributed by atoms with Gasteiger partial charge < -0.3 is 10.1 Å². The number of likely N-dealkylation sites (N-methyl/N-ethyl adjacent to an activating group) is 1. The fraction of sp³-hybridized carbons (Fsp3) is 0.294. The van der Waals surface area contributed by atoms with E-state index in [0.717, 1.165) is 0 Å². The SMILES string of the molecule is CNC(COc1ccc(C)c(F)c1)c1cccc(C)c1. The third kappa shape index (κ3) is 3.58. The maximum atomic E-state index is 13.5. The van der Waals surface area contributed by atoms with Gasteiger partial charge in [0.1, 0.15) is 18.2 Å². The monoisotopic (exact) mass is 273 g/mol. The quantitative estimate of drug-likeness (QED) is 0.895. The highest BCUT2D eigenvalue weighted by atomic mass is 19.1. The molecule has 0 fully saturated rings. The number of nitrogens with one attached hydrogen (secondary N) is 1. The van der Waals surface area contributed by atoms with Crippen molar-refractivity contribution in [3.8, 4) is 5.75 Å². The summed E-state index contributed by atoms with van der Waals surface area (Å²) in [6, 6.07) is 13.3. The molecule has 2 aromatic rings. The molecule has 2 rings (SSSR count). The molecule has 1 atom stereocenters. The fourth-order valence-electron chi connectivity index (χ4n) is 2.08. The van der Waals surface area contributed by atoms with Gasteiger partial charge in [-0.05, 0) is 38.1 Å². The first-order valence-electron chi connectivity index (χ1n) is 6.73. The van der Waals surface area contributed by atoms with Crippen molar-refractivity contribution in [1.29, 1.82) is 0 Å². The van der Waals surface area contributed by atoms with Crippen LogP contribution in [-0.2, 0) is 0 Å². The van der Waals surface area contributed by atoms with Gasteiger partial charge in [-0.15, -0.1) is 0 Å². The molecule has 1 N–H and O–H groups in total. The van der Waals surface area contributed by atoms with Crippen LogP contribution < -0.4 is 10.1 Å². The maximum Gasteiger partial charge on any atom is 0.129 e. The molecule has 0 aliphatic heterocycles. The second-order valence-electron chi connectivity index (χ2n) is 4.98. The Morgan fingerprint density at radius 2 is 1.95 bits per heavy atom. The average Bonchev–Trinajstić information content (AvgIpc) is 2.43. The smallest absolute Gasteiger partial charge is 0.129 e. The average molecular weight is 273 g/mol. The molecule has 106 valence electrons. The van der Waals surface area contributed by atoms with Gasteiger partial charge in [-0.25, -0.2) is 4.39 Å². The minimum absolute atomic E-state index is 0.0827. The summed E-state index contributed by atoms with van der Waals surface area (Å²) in [6.45, 7) is 4.26. The van der Waals surface area contributed by atoms with E-state index < -0.39 is 0 Å². The Hall–Kier alpha value is -1.87. The molecule has 3 heteroatoms. The molecular weight excluding hydrogens is 253 g/mol. The molecule has 0 radical (unpaired) electrons. The van der Waals surface area contributed by atoms with Crippen molar-refractivity contribution in [3.05, 3.63) is 65.0 Å². The first-order chi connectivity index (χ1) is 9.60. The van der Waals surface area contributed by atoms with Crippen molar-refractivity contribution in [2.75, 3.05) is 13.7 Å². The highest BCUT2D eigenvalue weighted by Gasteiger charge is 2.10. The third-order valence-electron chi connectivity index (χ3n) is 3.35. The van der Waals surface area contributed by atoms with Gasteiger partial charge in [-0.2, -0.15) is 0 Å². The van der Waals surface area contributed by atoms with E-state index in [0.29, 0.717) is 17.9 Å². The standard InChI is InChI=1S/C17H20FNO/c1-12-5-4-6-14(9-12)17(19-3)11-20-15-8-7-13(2)16(18)10-15/h4-10,17,19H,11H2,1-3H3. The van der Waals surface area contributed by atoms with Crippen LogP contribution in [0.4, 0.5) is 4.39 Å². The van der Waals surface area contributed by atoms with E-state index in [1.165, 1.54) is 17.2 Å². The number of rotatable bonds is 5. The van der Waals surface area contributed by atoms with E-state index in [9.17, 15) is 4.39 Å². The second-order valence-corrected chi connectivity index (χ2v) is 4.98. The van der Waals surface area contributed by atoms with Gasteiger partial charge in [-0.3, -0.25) is 0 Å². The van der Waals surface area contributed by atoms with Crippen molar-refractivity contribution in [2.45, 2.75) is 19.9 Å². The van der Waals surface area contributed by atoms with Crippen LogP contribution in [0.2, 0.25) is 0 Å². The summed E-state index contributed by atoms with van der Waals surface area (Å²) in [7, 11) is 1.89. The van der Waals surface area contributed by atoms with Gasteiger partial charge >= 0.3 is 0 Å². The zero-order chi connectivity index (χ0) is 14.5. The lowest BCUT2D eigenvalue weighted by Gasteiger charge is -2.18. The number of hydrogen-bond acceptors (Lipinski definition) is 2. The summed E-state index contributed by atoms with van der Waals surface area (Å²) in [5.41, 5.74) is 3.01. The van der Waals surface area contributed by atoms with Crippen LogP contribution in [0.3, 0.4) is 0 Å². The summed E-state index contributed by atoms with van der Waals surface area (Å²) < 4.78 is 19.2. The molecule has 1 unspecified atom stereocenters. The first kappa shape index (κ1) is 14.5. The highest BCUT2D eigenvalue weighted by molar-refractivity contribution is 5.29. The lowest BCUT2D eigenvalue weighted by atomic mass is 10.1. The largest absolute Gasteiger partial charge is 0.492 e. The number of hydrogen-bond donors (Lipinski definition) is 1. The zero-order valence-corrected chi connectivity index (χ0v) is 12.1. The normalized spacial score (nSPS) is 12.2. The van der Waals surface area contributed by atoms with Gasteiger partial charge in [0, 0.05) is 6.07 Å². The molecule has 2 aromatic carbocycles. The molecule has 0 spiro atoms. The van der Waals surface area contributed by atoms with Crippen LogP contribution in [0.15, 0.2) is 42.5 Å². The maximum absolute atomic E-state index is 13.5. The Kier molecular flexibility index (Phi) is 4.74. The van der Waals surface area contributed by atoms with Gasteiger partial charge in [0.05, 0.1) is 6.04 Å². The summed E-state index contributed by atoms with van der Waals surface area (Å²) in [5, 5.41) is 3.22. The summed E-state index contributed by atoms with van der Waals surface area (Å²) >= 11 is 0. The van der Waals surface area contributed by atoms with Crippen LogP contribution >= 0.6 is 0 Å². The lowest BCUT2D eigenvalue weighted by Crippen LogP contribution is -2.23. The van der Waals surface area contributed by atoms with Crippen molar-refractivity contribution in [1.82, 2.24) is 5.32 Å². The predicted molar refractivity (Wildman–Crippen MR) is 79.6 cm³/mol. The van der Waals surface area contributed by atoms with Crippen LogP contribution in [0.1, 0.15) is 22.7 Å². The molecular formula is C17H20FNO. The minimum Gasteiger partial charge on any atom is -0.492 e. The molecule has 0 saturated carbocycles. The van der Waals surface area contributed by atoms with Crippen molar-refractivity contribution in [2.24, 2.45) is 0 Å². The minimum atomic E-state index is -0.237. The molecule has 0 heterocycles. The summed E-state index contributed by atoms with van der Waals surface area (Å²) in [6.07, 6.45) is 0. The van der Waals surface area contributed by atoms with E-state index in [1.807, 2.05) is 13.1 Å². The molecule has 0 aromatic heterocycles. The first-order valence-corrected chi connectivity index (χ1v) is 6.73. The Balaban J connectivity index is 2.05. The molecule has 20 heavy (non-hydrogen) atoms. The molecule has 0 saturated heterocycles. The molecule has 2 nitrogen and oxygen atoms in total. The van der Waals surface area contributed by atoms with Crippen molar-refractivity contribution < 1.29 is 9.13 Å². The van der Waals surface area contributed by atoms with E-state index in [1.54, 1.807) is 19.1 Å². The Bertz CT molecular complexity index is 583. The fourth-order valence-corrected chi connectivity index (χ4v) is 2.08. The number of halogens is 1. The summed E-state index contributed by atoms with van der Waals surface area (Å²) in [4.78, 5) is 0. The van der Waals surface area contributed by atoms with Crippen LogP contribution in [0, 0.1) is 19.7 Å². The summed E-state index contributed by atoms with van der Waals surface area (Å²) in [5.74, 6) is 0.320. The van der Waals surface area contributed by atoms with E-state index >= 15 is 0 Å². The topological polar surface area (TPSA) is 21.3 Å². The molecule has 0 bridgehead atoms. The Labute approximate surface area is 119 Å². The predicted octanol–water partition coefficient (Wildman–Crippen LogP) is 3.78. The number of benzene rings is 2. The van der Waals surface area contributed by atoms with E-state index in [2.05, 4.69) is 30.4 Å². The van der Waals surface area contributed by atoms with Crippen LogP contribution in [0.25, 0.3) is 0 Å². The van der Waals surface area contributed by atoms with Gasteiger partial charge in [-0.1, -0.05) is 35.9 Å². The Morgan fingerprint density at radius 1 is 1.15 bits per heavy atom. The van der Waals surface area contributed by atoms with Crippen LogP contribution in [-0.4, -0.2) is 13.7 Å². The third-order valence-corrected chi connectivity index (χ3v) is 3.35. The van der Waals surface area contributed by atoms with Crippen molar-refractivity contribution >= 4 is 0 Å². The molecule has 0 aliphatic rings. The number of aryl methyl sites for hydroxylation is 2. The van der Waals surface area contributed by atoms with Crippen molar-refractivity contribution in [3.63, 3.8) is 0 Å². The van der Waals surface area contributed by atoms with Gasteiger partial charge in [0.15, 0.2) is 0 Å². The zero-order valence-electron chi connectivity index (χ0n) is 12.1. The van der Waals surface area contributed by atoms with E-state index in [4.69, 9.17) is 4.74 Å². The molecule has 0 aliphatic carbocycles.